The Morgan fingerprint density at radius 2 is 1.92 bits per heavy atom. The third-order valence-corrected chi connectivity index (χ3v) is 11.2. The maximum absolute atomic E-state index is 12.9. The van der Waals surface area contributed by atoms with E-state index in [2.05, 4.69) is 41.6 Å². The van der Waals surface area contributed by atoms with E-state index in [1.165, 1.54) is 35.7 Å². The number of ether oxygens (including phenoxy) is 2. The summed E-state index contributed by atoms with van der Waals surface area (Å²) < 4.78 is 12.6. The lowest BCUT2D eigenvalue weighted by atomic mass is 9.59. The molecule has 1 aromatic heterocycles. The number of nitrogens with zero attached hydrogens (tertiary/aromatic N) is 1. The molecule has 0 aliphatic heterocycles. The van der Waals surface area contributed by atoms with Gasteiger partial charge in [-0.2, -0.15) is 0 Å². The van der Waals surface area contributed by atoms with Crippen LogP contribution in [0.25, 0.3) is 0 Å². The van der Waals surface area contributed by atoms with E-state index in [4.69, 9.17) is 21.1 Å². The summed E-state index contributed by atoms with van der Waals surface area (Å²) in [4.78, 5) is 28.9. The van der Waals surface area contributed by atoms with Gasteiger partial charge >= 0.3 is 5.97 Å². The maximum Gasteiger partial charge on any atom is 0.329 e. The second-order valence-corrected chi connectivity index (χ2v) is 14.8. The van der Waals surface area contributed by atoms with Crippen LogP contribution in [0, 0.1) is 11.8 Å². The van der Waals surface area contributed by atoms with Crippen LogP contribution in [0.3, 0.4) is 0 Å². The number of fused-ring (bicyclic) bond motifs is 3. The molecule has 1 amide bonds. The van der Waals surface area contributed by atoms with Gasteiger partial charge in [-0.3, -0.25) is 9.78 Å². The fourth-order valence-corrected chi connectivity index (χ4v) is 8.75. The molecule has 3 aromatic rings. The molecule has 0 saturated heterocycles. The molecular formula is C39H48ClN3O5. The number of carbonyl (C=O) groups is 2. The smallest absolute Gasteiger partial charge is 0.329 e. The number of carbonyl (C=O) groups excluding carboxylic acids is 1. The van der Waals surface area contributed by atoms with Crippen LogP contribution in [0.2, 0.25) is 5.02 Å². The predicted octanol–water partition coefficient (Wildman–Crippen LogP) is 7.71. The highest BCUT2D eigenvalue weighted by Gasteiger charge is 2.54. The number of benzene rings is 2. The van der Waals surface area contributed by atoms with Crippen molar-refractivity contribution in [1.29, 1.82) is 0 Å². The van der Waals surface area contributed by atoms with Crippen LogP contribution in [0.1, 0.15) is 94.0 Å². The van der Waals surface area contributed by atoms with Gasteiger partial charge in [-0.15, -0.1) is 0 Å². The van der Waals surface area contributed by atoms with Crippen LogP contribution in [0.4, 0.5) is 5.69 Å². The molecule has 1 fully saturated rings. The summed E-state index contributed by atoms with van der Waals surface area (Å²) in [6.45, 7) is 7.49. The van der Waals surface area contributed by atoms with Gasteiger partial charge in [-0.1, -0.05) is 37.6 Å². The molecule has 9 heteroatoms. The summed E-state index contributed by atoms with van der Waals surface area (Å²) in [7, 11) is 0. The van der Waals surface area contributed by atoms with E-state index in [-0.39, 0.29) is 11.3 Å². The van der Waals surface area contributed by atoms with Gasteiger partial charge in [0.25, 0.3) is 0 Å². The fraction of sp³-hybridized carbons (Fsp3) is 0.513. The van der Waals surface area contributed by atoms with Crippen molar-refractivity contribution in [2.45, 2.75) is 95.4 Å². The van der Waals surface area contributed by atoms with Crippen LogP contribution in [0.15, 0.2) is 54.7 Å². The Kier molecular flexibility index (Phi) is 10.2. The zero-order chi connectivity index (χ0) is 33.9. The number of rotatable bonds is 12. The van der Waals surface area contributed by atoms with Crippen LogP contribution >= 0.6 is 11.6 Å². The largest absolute Gasteiger partial charge is 0.493 e. The average molecular weight is 674 g/mol. The third kappa shape index (κ3) is 7.14. The molecule has 256 valence electrons. The lowest BCUT2D eigenvalue weighted by Crippen LogP contribution is -2.53. The number of hydrogen-bond donors (Lipinski definition) is 3. The summed E-state index contributed by atoms with van der Waals surface area (Å²) in [5, 5.41) is 17.3. The number of aryl methyl sites for hydroxylation is 1. The summed E-state index contributed by atoms with van der Waals surface area (Å²) in [6, 6.07) is 15.7. The van der Waals surface area contributed by atoms with E-state index in [9.17, 15) is 14.7 Å². The second kappa shape index (κ2) is 14.4. The van der Waals surface area contributed by atoms with Crippen molar-refractivity contribution < 1.29 is 24.2 Å². The molecule has 0 bridgehead atoms. The number of carboxylic acid groups (broad SMARTS) is 1. The van der Waals surface area contributed by atoms with Gasteiger partial charge < -0.3 is 25.2 Å². The average Bonchev–Trinajstić information content (AvgIpc) is 3.34. The van der Waals surface area contributed by atoms with Crippen LogP contribution in [-0.4, -0.2) is 47.3 Å². The van der Waals surface area contributed by atoms with Crippen molar-refractivity contribution in [3.05, 3.63) is 82.1 Å². The maximum atomic E-state index is 12.9. The number of amides is 1. The molecule has 48 heavy (non-hydrogen) atoms. The molecule has 0 radical (unpaired) electrons. The van der Waals surface area contributed by atoms with Gasteiger partial charge in [0.1, 0.15) is 23.6 Å². The molecule has 8 nitrogen and oxygen atoms in total. The number of aliphatic carboxylic acids is 1. The third-order valence-electron chi connectivity index (χ3n) is 11.0. The Hall–Kier alpha value is -3.78. The molecule has 0 unspecified atom stereocenters. The molecule has 1 spiro atoms. The minimum absolute atomic E-state index is 0.0822. The lowest BCUT2D eigenvalue weighted by molar-refractivity contribution is -0.144. The Bertz CT molecular complexity index is 1640. The number of carboxylic acids is 1. The minimum atomic E-state index is -1.08. The first-order chi connectivity index (χ1) is 23.1. The molecule has 3 aliphatic carbocycles. The summed E-state index contributed by atoms with van der Waals surface area (Å²) >= 11 is 6.26. The van der Waals surface area contributed by atoms with Crippen LogP contribution in [-0.2, 0) is 27.8 Å². The quantitative estimate of drug-likeness (QED) is 0.169. The molecule has 1 heterocycles. The standard InChI is InChI=1S/C39H48ClN3O5/c1-25(24-48-35-12-17-42-34-9-4-6-26(2)36(34)35)20-29-21-28-10-11-32(47-19-18-41-27(3)44)23-33(28)38(29)13-15-39(16-14-38,37(45)46)43-31-8-5-7-30(40)22-31/h5,7-8,10-12,17,22-23,25-26,29,43H,4,6,9,13-16,18-21,24H2,1-3H3,(H,41,44)(H,45,46)/t25-,26-,29+,38?,39?/m1/s1. The monoisotopic (exact) mass is 673 g/mol. The van der Waals surface area contributed by atoms with Crippen molar-refractivity contribution in [2.75, 3.05) is 25.1 Å². The normalized spacial score (nSPS) is 25.1. The topological polar surface area (TPSA) is 110 Å². The summed E-state index contributed by atoms with van der Waals surface area (Å²) in [5.74, 6) is 1.92. The van der Waals surface area contributed by atoms with Gasteiger partial charge in [0.2, 0.25) is 5.91 Å². The number of nitrogens with one attached hydrogen (secondary N) is 2. The lowest BCUT2D eigenvalue weighted by Gasteiger charge is -2.47. The molecule has 2 aromatic carbocycles. The van der Waals surface area contributed by atoms with Crippen molar-refractivity contribution in [2.24, 2.45) is 11.8 Å². The van der Waals surface area contributed by atoms with Gasteiger partial charge in [-0.05, 0) is 128 Å². The van der Waals surface area contributed by atoms with E-state index in [1.54, 1.807) is 12.1 Å². The predicted molar refractivity (Wildman–Crippen MR) is 188 cm³/mol. The Morgan fingerprint density at radius 1 is 1.10 bits per heavy atom. The van der Waals surface area contributed by atoms with Crippen molar-refractivity contribution in [1.82, 2.24) is 10.3 Å². The Morgan fingerprint density at radius 3 is 2.67 bits per heavy atom. The highest BCUT2D eigenvalue weighted by atomic mass is 35.5. The van der Waals surface area contributed by atoms with Crippen LogP contribution < -0.4 is 20.1 Å². The molecule has 3 atom stereocenters. The highest BCUT2D eigenvalue weighted by Crippen LogP contribution is 2.56. The van der Waals surface area contributed by atoms with Crippen LogP contribution in [0.5, 0.6) is 11.5 Å². The molecule has 6 rings (SSSR count). The SMILES string of the molecule is CC(=O)NCCOc1ccc2c(c1)C1(CCC(Nc3cccc(Cl)c3)(C(=O)O)CC1)[C@@H](C[C@@H](C)COc1ccnc3c1[C@H](C)CCC3)C2. The van der Waals surface area contributed by atoms with E-state index < -0.39 is 11.5 Å². The van der Waals surface area contributed by atoms with E-state index in [0.717, 1.165) is 55.7 Å². The molecule has 1 saturated carbocycles. The zero-order valence-electron chi connectivity index (χ0n) is 28.3. The van der Waals surface area contributed by atoms with Gasteiger partial charge in [0, 0.05) is 35.1 Å². The molecule has 3 aliphatic rings. The van der Waals surface area contributed by atoms with Crippen molar-refractivity contribution in [3.63, 3.8) is 0 Å². The molecular weight excluding hydrogens is 626 g/mol. The Labute approximate surface area is 289 Å². The summed E-state index contributed by atoms with van der Waals surface area (Å²) in [6.07, 6.45) is 9.59. The first-order valence-electron chi connectivity index (χ1n) is 17.5. The van der Waals surface area contributed by atoms with Gasteiger partial charge in [0.15, 0.2) is 0 Å². The summed E-state index contributed by atoms with van der Waals surface area (Å²) in [5.41, 5.74) is 4.49. The van der Waals surface area contributed by atoms with E-state index in [0.29, 0.717) is 55.4 Å². The van der Waals surface area contributed by atoms with Gasteiger partial charge in [-0.25, -0.2) is 4.79 Å². The first kappa shape index (κ1) is 34.1. The van der Waals surface area contributed by atoms with Crippen molar-refractivity contribution in [3.8, 4) is 11.5 Å². The second-order valence-electron chi connectivity index (χ2n) is 14.3. The van der Waals surface area contributed by atoms with Gasteiger partial charge in [0.05, 0.1) is 13.2 Å². The molecule has 3 N–H and O–H groups in total. The Balaban J connectivity index is 1.22. The highest BCUT2D eigenvalue weighted by molar-refractivity contribution is 6.30. The first-order valence-corrected chi connectivity index (χ1v) is 17.8. The van der Waals surface area contributed by atoms with E-state index in [1.807, 2.05) is 30.5 Å². The number of pyridine rings is 1. The number of aromatic nitrogens is 1. The van der Waals surface area contributed by atoms with E-state index >= 15 is 0 Å². The number of hydrogen-bond acceptors (Lipinski definition) is 6. The zero-order valence-corrected chi connectivity index (χ0v) is 29.1. The number of anilines is 1. The fourth-order valence-electron chi connectivity index (χ4n) is 8.56. The number of halogens is 1. The van der Waals surface area contributed by atoms with Crippen molar-refractivity contribution >= 4 is 29.2 Å². The minimum Gasteiger partial charge on any atom is -0.493 e.